The fourth-order valence-electron chi connectivity index (χ4n) is 4.31. The molecule has 2 N–H and O–H groups in total. The molecular formula is C26H33NO4S. The Morgan fingerprint density at radius 2 is 1.75 bits per heavy atom. The molecule has 0 aliphatic carbocycles. The van der Waals surface area contributed by atoms with Gasteiger partial charge in [0.05, 0.1) is 0 Å². The predicted molar refractivity (Wildman–Crippen MR) is 129 cm³/mol. The number of thioether (sulfide) groups is 1. The van der Waals surface area contributed by atoms with Crippen molar-refractivity contribution in [1.29, 1.82) is 0 Å². The Bertz CT molecular complexity index is 961. The van der Waals surface area contributed by atoms with Crippen molar-refractivity contribution >= 4 is 23.5 Å². The fraction of sp³-hybridized carbons (Fsp3) is 0.462. The van der Waals surface area contributed by atoms with Crippen LogP contribution in [0.4, 0.5) is 0 Å². The van der Waals surface area contributed by atoms with Crippen molar-refractivity contribution in [3.8, 4) is 5.75 Å². The second-order valence-electron chi connectivity index (χ2n) is 9.13. The molecule has 1 saturated heterocycles. The van der Waals surface area contributed by atoms with E-state index in [1.165, 1.54) is 5.56 Å². The van der Waals surface area contributed by atoms with E-state index < -0.39 is 11.6 Å². The van der Waals surface area contributed by atoms with Gasteiger partial charge in [-0.15, -0.1) is 11.8 Å². The van der Waals surface area contributed by atoms with Gasteiger partial charge in [0.2, 0.25) is 0 Å². The van der Waals surface area contributed by atoms with Crippen LogP contribution in [-0.2, 0) is 11.2 Å². The molecule has 2 aromatic carbocycles. The summed E-state index contributed by atoms with van der Waals surface area (Å²) in [5, 5.41) is 12.8. The first-order valence-electron chi connectivity index (χ1n) is 11.0. The molecule has 1 aliphatic rings. The van der Waals surface area contributed by atoms with E-state index in [9.17, 15) is 14.7 Å². The highest BCUT2D eigenvalue weighted by molar-refractivity contribution is 7.98. The molecule has 3 rings (SSSR count). The molecule has 1 heterocycles. The zero-order valence-corrected chi connectivity index (χ0v) is 20.3. The maximum Gasteiger partial charge on any atom is 0.347 e. The molecule has 2 atom stereocenters. The summed E-state index contributed by atoms with van der Waals surface area (Å²) in [6.45, 7) is 8.59. The molecule has 2 aromatic rings. The van der Waals surface area contributed by atoms with E-state index in [0.29, 0.717) is 11.7 Å². The summed E-state index contributed by atoms with van der Waals surface area (Å²) in [6.07, 6.45) is 3.82. The van der Waals surface area contributed by atoms with Crippen LogP contribution in [0.15, 0.2) is 41.3 Å². The summed E-state index contributed by atoms with van der Waals surface area (Å²) in [4.78, 5) is 25.7. The number of benzene rings is 2. The lowest BCUT2D eigenvalue weighted by Gasteiger charge is -2.25. The average molecular weight is 456 g/mol. The molecule has 0 aromatic heterocycles. The van der Waals surface area contributed by atoms with Crippen molar-refractivity contribution in [2.75, 3.05) is 19.3 Å². The molecule has 6 heteroatoms. The number of carboxylic acid groups (broad SMARTS) is 1. The molecule has 0 bridgehead atoms. The van der Waals surface area contributed by atoms with E-state index in [1.54, 1.807) is 25.6 Å². The van der Waals surface area contributed by atoms with Gasteiger partial charge in [0.25, 0.3) is 0 Å². The van der Waals surface area contributed by atoms with Gasteiger partial charge in [0.15, 0.2) is 11.4 Å². The SMILES string of the molecule is CSc1ccc(C(=O)C2CNC[C@@H]2CCc2cc(C)c(OC(C)(C)C(=O)O)c(C)c2)cc1. The third kappa shape index (κ3) is 5.54. The standard InChI is InChI=1S/C26H33NO4S/c1-16-12-18(13-17(2)24(16)31-26(3,4)25(29)30)6-7-20-14-27-15-22(20)23(28)19-8-10-21(32-5)11-9-19/h8-13,20,22,27H,6-7,14-15H2,1-5H3,(H,29,30)/t20-,22?/m0/s1. The van der Waals surface area contributed by atoms with Crippen molar-refractivity contribution in [2.45, 2.75) is 51.0 Å². The summed E-state index contributed by atoms with van der Waals surface area (Å²) in [6, 6.07) is 12.0. The van der Waals surface area contributed by atoms with Gasteiger partial charge in [0, 0.05) is 22.9 Å². The lowest BCUT2D eigenvalue weighted by Crippen LogP contribution is -2.38. The molecule has 0 saturated carbocycles. The lowest BCUT2D eigenvalue weighted by atomic mass is 9.84. The van der Waals surface area contributed by atoms with Gasteiger partial charge in [-0.05, 0) is 88.1 Å². The van der Waals surface area contributed by atoms with E-state index in [0.717, 1.165) is 47.5 Å². The number of Topliss-reactive ketones (excluding diaryl/α,β-unsaturated/α-hetero) is 1. The highest BCUT2D eigenvalue weighted by atomic mass is 32.2. The zero-order chi connectivity index (χ0) is 23.5. The Hall–Kier alpha value is -2.31. The first-order chi connectivity index (χ1) is 15.1. The molecule has 32 heavy (non-hydrogen) atoms. The number of ketones is 1. The van der Waals surface area contributed by atoms with E-state index in [2.05, 4.69) is 17.4 Å². The molecule has 172 valence electrons. The van der Waals surface area contributed by atoms with Gasteiger partial charge in [-0.3, -0.25) is 4.79 Å². The number of rotatable bonds is 9. The van der Waals surface area contributed by atoms with Crippen molar-refractivity contribution in [3.05, 3.63) is 58.7 Å². The van der Waals surface area contributed by atoms with Crippen molar-refractivity contribution < 1.29 is 19.4 Å². The Kier molecular flexibility index (Phi) is 7.67. The highest BCUT2D eigenvalue weighted by Gasteiger charge is 2.33. The topological polar surface area (TPSA) is 75.6 Å². The fourth-order valence-corrected chi connectivity index (χ4v) is 4.72. The van der Waals surface area contributed by atoms with Gasteiger partial charge >= 0.3 is 5.97 Å². The maximum atomic E-state index is 13.1. The minimum atomic E-state index is -1.28. The van der Waals surface area contributed by atoms with Gasteiger partial charge in [-0.2, -0.15) is 0 Å². The summed E-state index contributed by atoms with van der Waals surface area (Å²) >= 11 is 1.67. The van der Waals surface area contributed by atoms with Crippen LogP contribution < -0.4 is 10.1 Å². The average Bonchev–Trinajstić information content (AvgIpc) is 3.23. The maximum absolute atomic E-state index is 13.1. The molecule has 0 radical (unpaired) electrons. The lowest BCUT2D eigenvalue weighted by molar-refractivity contribution is -0.152. The number of nitrogens with one attached hydrogen (secondary N) is 1. The van der Waals surface area contributed by atoms with Gasteiger partial charge in [0.1, 0.15) is 5.75 Å². The number of hydrogen-bond acceptors (Lipinski definition) is 5. The van der Waals surface area contributed by atoms with Crippen molar-refractivity contribution in [2.24, 2.45) is 11.8 Å². The van der Waals surface area contributed by atoms with Gasteiger partial charge < -0.3 is 15.2 Å². The highest BCUT2D eigenvalue weighted by Crippen LogP contribution is 2.31. The van der Waals surface area contributed by atoms with Gasteiger partial charge in [-0.1, -0.05) is 24.3 Å². The number of carbonyl (C=O) groups is 2. The normalized spacial score (nSPS) is 18.5. The molecule has 0 amide bonds. The largest absolute Gasteiger partial charge is 0.478 e. The smallest absolute Gasteiger partial charge is 0.347 e. The summed E-state index contributed by atoms with van der Waals surface area (Å²) < 4.78 is 5.82. The molecule has 5 nitrogen and oxygen atoms in total. The number of carboxylic acids is 1. The molecule has 1 aliphatic heterocycles. The first-order valence-corrected chi connectivity index (χ1v) is 12.3. The molecule has 0 spiro atoms. The second kappa shape index (κ2) is 10.1. The Morgan fingerprint density at radius 3 is 2.31 bits per heavy atom. The zero-order valence-electron chi connectivity index (χ0n) is 19.5. The summed E-state index contributed by atoms with van der Waals surface area (Å²) in [5.74, 6) is 0.152. The van der Waals surface area contributed by atoms with Crippen LogP contribution >= 0.6 is 11.8 Å². The second-order valence-corrected chi connectivity index (χ2v) is 10.0. The van der Waals surface area contributed by atoms with Crippen LogP contribution in [0.3, 0.4) is 0 Å². The monoisotopic (exact) mass is 455 g/mol. The van der Waals surface area contributed by atoms with Crippen molar-refractivity contribution in [1.82, 2.24) is 5.32 Å². The predicted octanol–water partition coefficient (Wildman–Crippen LogP) is 4.92. The van der Waals surface area contributed by atoms with E-state index in [-0.39, 0.29) is 11.7 Å². The third-order valence-electron chi connectivity index (χ3n) is 6.25. The number of aliphatic carboxylic acids is 1. The summed E-state index contributed by atoms with van der Waals surface area (Å²) in [5.41, 5.74) is 2.55. The Balaban J connectivity index is 1.67. The van der Waals surface area contributed by atoms with Crippen LogP contribution in [0.1, 0.15) is 47.3 Å². The third-order valence-corrected chi connectivity index (χ3v) is 6.99. The number of aryl methyl sites for hydroxylation is 3. The van der Waals surface area contributed by atoms with Crippen LogP contribution in [-0.4, -0.2) is 41.8 Å². The van der Waals surface area contributed by atoms with E-state index in [4.69, 9.17) is 4.74 Å². The molecule has 1 fully saturated rings. The van der Waals surface area contributed by atoms with Crippen molar-refractivity contribution in [3.63, 3.8) is 0 Å². The molecule has 1 unspecified atom stereocenters. The Morgan fingerprint density at radius 1 is 1.12 bits per heavy atom. The minimum absolute atomic E-state index is 0.00343. The summed E-state index contributed by atoms with van der Waals surface area (Å²) in [7, 11) is 0. The minimum Gasteiger partial charge on any atom is -0.478 e. The van der Waals surface area contributed by atoms with Crippen LogP contribution in [0.2, 0.25) is 0 Å². The number of ether oxygens (including phenoxy) is 1. The van der Waals surface area contributed by atoms with Gasteiger partial charge in [-0.25, -0.2) is 4.79 Å². The van der Waals surface area contributed by atoms with E-state index >= 15 is 0 Å². The number of carbonyl (C=O) groups excluding carboxylic acids is 1. The van der Waals surface area contributed by atoms with Crippen LogP contribution in [0.5, 0.6) is 5.75 Å². The molecular weight excluding hydrogens is 422 g/mol. The quantitative estimate of drug-likeness (QED) is 0.413. The Labute approximate surface area is 194 Å². The van der Waals surface area contributed by atoms with Crippen LogP contribution in [0, 0.1) is 25.7 Å². The van der Waals surface area contributed by atoms with Crippen LogP contribution in [0.25, 0.3) is 0 Å². The van der Waals surface area contributed by atoms with E-state index in [1.807, 2.05) is 44.4 Å². The number of hydrogen-bond donors (Lipinski definition) is 2. The first kappa shape index (κ1) is 24.3.